The van der Waals surface area contributed by atoms with Crippen molar-refractivity contribution in [2.75, 3.05) is 11.5 Å². The maximum absolute atomic E-state index is 12.6. The SMILES string of the molecule is O=C1N[C@@]2(CCSC2)C(=O)N1Cc1nnc(-c2ccccc2)o1. The van der Waals surface area contributed by atoms with Gasteiger partial charge in [0.15, 0.2) is 0 Å². The molecule has 1 atom stereocenters. The smallest absolute Gasteiger partial charge is 0.325 e. The molecule has 3 heterocycles. The second-order valence-electron chi connectivity index (χ2n) is 5.57. The summed E-state index contributed by atoms with van der Waals surface area (Å²) >= 11 is 1.67. The van der Waals surface area contributed by atoms with Crippen molar-refractivity contribution in [3.8, 4) is 11.5 Å². The van der Waals surface area contributed by atoms with Crippen molar-refractivity contribution in [3.05, 3.63) is 36.2 Å². The Morgan fingerprint density at radius 2 is 2.09 bits per heavy atom. The van der Waals surface area contributed by atoms with Crippen molar-refractivity contribution in [2.24, 2.45) is 0 Å². The molecule has 0 saturated carbocycles. The number of hydrogen-bond donors (Lipinski definition) is 1. The van der Waals surface area contributed by atoms with Crippen LogP contribution in [0.25, 0.3) is 11.5 Å². The van der Waals surface area contributed by atoms with E-state index >= 15 is 0 Å². The van der Waals surface area contributed by atoms with E-state index in [4.69, 9.17) is 4.42 Å². The van der Waals surface area contributed by atoms with Crippen molar-refractivity contribution < 1.29 is 14.0 Å². The van der Waals surface area contributed by atoms with Crippen LogP contribution in [0.3, 0.4) is 0 Å². The van der Waals surface area contributed by atoms with Crippen LogP contribution < -0.4 is 5.32 Å². The van der Waals surface area contributed by atoms with Crippen molar-refractivity contribution in [1.29, 1.82) is 0 Å². The Kier molecular flexibility index (Phi) is 3.33. The van der Waals surface area contributed by atoms with E-state index in [0.717, 1.165) is 16.2 Å². The molecule has 8 heteroatoms. The Bertz CT molecular complexity index is 755. The highest BCUT2D eigenvalue weighted by Crippen LogP contribution is 2.34. The maximum atomic E-state index is 12.6. The van der Waals surface area contributed by atoms with E-state index in [-0.39, 0.29) is 18.3 Å². The van der Waals surface area contributed by atoms with E-state index in [1.165, 1.54) is 0 Å². The fourth-order valence-corrected chi connectivity index (χ4v) is 4.13. The highest BCUT2D eigenvalue weighted by Gasteiger charge is 2.53. The van der Waals surface area contributed by atoms with Gasteiger partial charge < -0.3 is 9.73 Å². The first-order valence-electron chi connectivity index (χ1n) is 7.28. The highest BCUT2D eigenvalue weighted by molar-refractivity contribution is 7.99. The predicted octanol–water partition coefficient (Wildman–Crippen LogP) is 1.66. The molecule has 1 N–H and O–H groups in total. The summed E-state index contributed by atoms with van der Waals surface area (Å²) in [6.45, 7) is -0.00306. The molecule has 7 nitrogen and oxygen atoms in total. The zero-order chi connectivity index (χ0) is 15.9. The van der Waals surface area contributed by atoms with E-state index in [1.54, 1.807) is 11.8 Å². The van der Waals surface area contributed by atoms with Crippen molar-refractivity contribution in [2.45, 2.75) is 18.5 Å². The van der Waals surface area contributed by atoms with Crippen LogP contribution in [-0.2, 0) is 11.3 Å². The molecule has 0 radical (unpaired) electrons. The molecule has 0 bridgehead atoms. The average Bonchev–Trinajstić information content (AvgIpc) is 3.27. The molecule has 0 unspecified atom stereocenters. The minimum atomic E-state index is -0.746. The predicted molar refractivity (Wildman–Crippen MR) is 83.5 cm³/mol. The fourth-order valence-electron chi connectivity index (χ4n) is 2.80. The molecule has 118 valence electrons. The third kappa shape index (κ3) is 2.39. The molecule has 1 spiro atoms. The number of nitrogens with zero attached hydrogens (tertiary/aromatic N) is 3. The Morgan fingerprint density at radius 1 is 1.26 bits per heavy atom. The van der Waals surface area contributed by atoms with Crippen LogP contribution >= 0.6 is 11.8 Å². The number of hydrogen-bond acceptors (Lipinski definition) is 6. The summed E-state index contributed by atoms with van der Waals surface area (Å²) in [5, 5.41) is 10.7. The number of aromatic nitrogens is 2. The Balaban J connectivity index is 1.54. The third-order valence-corrected chi connectivity index (χ3v) is 5.24. The van der Waals surface area contributed by atoms with E-state index < -0.39 is 11.6 Å². The van der Waals surface area contributed by atoms with Crippen LogP contribution in [0.1, 0.15) is 12.3 Å². The van der Waals surface area contributed by atoms with Crippen LogP contribution in [0.4, 0.5) is 4.79 Å². The summed E-state index contributed by atoms with van der Waals surface area (Å²) in [6.07, 6.45) is 0.665. The Morgan fingerprint density at radius 3 is 2.83 bits per heavy atom. The molecule has 3 amide bonds. The number of benzene rings is 1. The van der Waals surface area contributed by atoms with Crippen LogP contribution in [0.15, 0.2) is 34.7 Å². The minimum absolute atomic E-state index is 0.00306. The summed E-state index contributed by atoms with van der Waals surface area (Å²) in [5.74, 6) is 1.91. The first-order chi connectivity index (χ1) is 11.2. The number of rotatable bonds is 3. The summed E-state index contributed by atoms with van der Waals surface area (Å²) in [5.41, 5.74) is 0.0523. The zero-order valence-electron chi connectivity index (χ0n) is 12.2. The summed E-state index contributed by atoms with van der Waals surface area (Å²) in [6, 6.07) is 8.96. The van der Waals surface area contributed by atoms with Gasteiger partial charge in [-0.05, 0) is 24.3 Å². The van der Waals surface area contributed by atoms with Gasteiger partial charge in [0, 0.05) is 11.3 Å². The normalized spacial score (nSPS) is 23.7. The van der Waals surface area contributed by atoms with Crippen molar-refractivity contribution >= 4 is 23.7 Å². The van der Waals surface area contributed by atoms with Gasteiger partial charge in [0.25, 0.3) is 5.91 Å². The lowest BCUT2D eigenvalue weighted by Gasteiger charge is -2.18. The van der Waals surface area contributed by atoms with Crippen LogP contribution in [0.2, 0.25) is 0 Å². The summed E-state index contributed by atoms with van der Waals surface area (Å²) < 4.78 is 5.58. The Labute approximate surface area is 136 Å². The topological polar surface area (TPSA) is 88.3 Å². The van der Waals surface area contributed by atoms with Gasteiger partial charge in [-0.1, -0.05) is 18.2 Å². The molecule has 4 rings (SSSR count). The van der Waals surface area contributed by atoms with E-state index in [9.17, 15) is 9.59 Å². The van der Waals surface area contributed by atoms with E-state index in [1.807, 2.05) is 30.3 Å². The standard InChI is InChI=1S/C15H14N4O3S/c20-13-15(6-7-23-9-15)16-14(21)19(13)8-11-17-18-12(22-11)10-4-2-1-3-5-10/h1-5H,6-9H2,(H,16,21)/t15-/m1/s1. The van der Waals surface area contributed by atoms with Crippen molar-refractivity contribution in [3.63, 3.8) is 0 Å². The average molecular weight is 330 g/mol. The van der Waals surface area contributed by atoms with E-state index in [0.29, 0.717) is 18.1 Å². The van der Waals surface area contributed by atoms with Gasteiger partial charge in [-0.15, -0.1) is 10.2 Å². The molecule has 2 saturated heterocycles. The van der Waals surface area contributed by atoms with Gasteiger partial charge in [0.1, 0.15) is 12.1 Å². The van der Waals surface area contributed by atoms with Gasteiger partial charge >= 0.3 is 6.03 Å². The molecule has 0 aliphatic carbocycles. The number of thioether (sulfide) groups is 1. The number of nitrogens with one attached hydrogen (secondary N) is 1. The number of amides is 3. The first-order valence-corrected chi connectivity index (χ1v) is 8.43. The number of carbonyl (C=O) groups excluding carboxylic acids is 2. The van der Waals surface area contributed by atoms with Gasteiger partial charge in [0.05, 0.1) is 0 Å². The lowest BCUT2D eigenvalue weighted by molar-refractivity contribution is -0.131. The van der Waals surface area contributed by atoms with Gasteiger partial charge in [-0.2, -0.15) is 11.8 Å². The van der Waals surface area contributed by atoms with E-state index in [2.05, 4.69) is 15.5 Å². The number of carbonyl (C=O) groups is 2. The van der Waals surface area contributed by atoms with Crippen LogP contribution in [0.5, 0.6) is 0 Å². The molecular weight excluding hydrogens is 316 g/mol. The van der Waals surface area contributed by atoms with Crippen LogP contribution in [0, 0.1) is 0 Å². The second kappa shape index (κ2) is 5.38. The quantitative estimate of drug-likeness (QED) is 0.861. The Hall–Kier alpha value is -2.35. The molecular formula is C15H14N4O3S. The highest BCUT2D eigenvalue weighted by atomic mass is 32.2. The minimum Gasteiger partial charge on any atom is -0.419 e. The van der Waals surface area contributed by atoms with Gasteiger partial charge in [-0.25, -0.2) is 4.79 Å². The number of imide groups is 1. The summed E-state index contributed by atoms with van der Waals surface area (Å²) in [4.78, 5) is 25.8. The second-order valence-corrected chi connectivity index (χ2v) is 6.68. The monoisotopic (exact) mass is 330 g/mol. The summed E-state index contributed by atoms with van der Waals surface area (Å²) in [7, 11) is 0. The molecule has 2 aliphatic heterocycles. The first kappa shape index (κ1) is 14.3. The molecule has 1 aromatic heterocycles. The molecule has 23 heavy (non-hydrogen) atoms. The third-order valence-electron chi connectivity index (χ3n) is 4.05. The fraction of sp³-hybridized carbons (Fsp3) is 0.333. The van der Waals surface area contributed by atoms with Crippen molar-refractivity contribution in [1.82, 2.24) is 20.4 Å². The van der Waals surface area contributed by atoms with Crippen LogP contribution in [-0.4, -0.2) is 44.1 Å². The molecule has 1 aromatic carbocycles. The molecule has 2 aliphatic rings. The van der Waals surface area contributed by atoms with Gasteiger partial charge in [0.2, 0.25) is 11.8 Å². The molecule has 2 fully saturated rings. The largest absolute Gasteiger partial charge is 0.419 e. The van der Waals surface area contributed by atoms with Gasteiger partial charge in [-0.3, -0.25) is 9.69 Å². The molecule has 2 aromatic rings. The lowest BCUT2D eigenvalue weighted by atomic mass is 9.99. The lowest BCUT2D eigenvalue weighted by Crippen LogP contribution is -2.46. The maximum Gasteiger partial charge on any atom is 0.325 e. The number of urea groups is 1. The zero-order valence-corrected chi connectivity index (χ0v) is 13.0.